The van der Waals surface area contributed by atoms with E-state index < -0.39 is 15.9 Å². The molecule has 4 aromatic rings. The number of anilines is 2. The van der Waals surface area contributed by atoms with Crippen LogP contribution >= 0.6 is 0 Å². The number of amides is 1. The summed E-state index contributed by atoms with van der Waals surface area (Å²) in [6, 6.07) is 11.0. The largest absolute Gasteiger partial charge is 0.438 e. The summed E-state index contributed by atoms with van der Waals surface area (Å²) in [5, 5.41) is -0.388. The van der Waals surface area contributed by atoms with Crippen molar-refractivity contribution in [1.82, 2.24) is 24.7 Å². The molecular weight excluding hydrogens is 506 g/mol. The van der Waals surface area contributed by atoms with Gasteiger partial charge in [0.25, 0.3) is 15.9 Å². The van der Waals surface area contributed by atoms with Crippen LogP contribution in [0.5, 0.6) is 11.6 Å². The molecule has 196 valence electrons. The Morgan fingerprint density at radius 3 is 2.24 bits per heavy atom. The molecule has 0 atom stereocenters. The van der Waals surface area contributed by atoms with Gasteiger partial charge in [0, 0.05) is 32.1 Å². The summed E-state index contributed by atoms with van der Waals surface area (Å²) in [5.74, 6) is 0.0110. The highest BCUT2D eigenvalue weighted by molar-refractivity contribution is 7.90. The first-order valence-electron chi connectivity index (χ1n) is 11.5. The van der Waals surface area contributed by atoms with Gasteiger partial charge < -0.3 is 15.4 Å². The van der Waals surface area contributed by atoms with E-state index >= 15 is 0 Å². The van der Waals surface area contributed by atoms with Crippen LogP contribution in [0, 0.1) is 20.8 Å². The Hall–Kier alpha value is -4.58. The average Bonchev–Trinajstić information content (AvgIpc) is 2.86. The molecule has 3 N–H and O–H groups in total. The highest BCUT2D eigenvalue weighted by Gasteiger charge is 2.25. The molecule has 38 heavy (non-hydrogen) atoms. The second kappa shape index (κ2) is 10.4. The van der Waals surface area contributed by atoms with Crippen LogP contribution in [0.1, 0.15) is 27.0 Å². The molecule has 0 saturated heterocycles. The molecule has 0 bridgehead atoms. The van der Waals surface area contributed by atoms with E-state index in [9.17, 15) is 13.2 Å². The highest BCUT2D eigenvalue weighted by atomic mass is 32.2. The third-order valence-electron chi connectivity index (χ3n) is 5.49. The first kappa shape index (κ1) is 26.5. The van der Waals surface area contributed by atoms with Crippen molar-refractivity contribution < 1.29 is 17.9 Å². The zero-order valence-electron chi connectivity index (χ0n) is 21.6. The fraction of sp³-hybridized carbons (Fsp3) is 0.192. The number of hydrogen-bond acceptors (Lipinski definition) is 10. The van der Waals surface area contributed by atoms with Crippen LogP contribution in [0.4, 0.5) is 11.8 Å². The highest BCUT2D eigenvalue weighted by Crippen LogP contribution is 2.32. The Kier molecular flexibility index (Phi) is 7.26. The van der Waals surface area contributed by atoms with Gasteiger partial charge in [-0.1, -0.05) is 23.8 Å². The molecular formula is C26H27N7O4S. The van der Waals surface area contributed by atoms with E-state index in [1.165, 1.54) is 24.3 Å². The third kappa shape index (κ3) is 5.70. The number of nitrogens with zero attached hydrogens (tertiary/aromatic N) is 5. The number of benzene rings is 1. The van der Waals surface area contributed by atoms with Crippen LogP contribution in [0.2, 0.25) is 0 Å². The van der Waals surface area contributed by atoms with Gasteiger partial charge in [-0.3, -0.25) is 4.79 Å². The summed E-state index contributed by atoms with van der Waals surface area (Å²) in [6.45, 7) is 5.72. The number of sulfonamides is 1. The SMILES string of the molecule is Cc1cc(C)c(Oc2nc(-c3cnc(N(C)C)nc3)ccc2C(=O)NS(=O)(=O)c2cccc(N)n2)c(C)c1. The molecule has 0 aliphatic rings. The van der Waals surface area contributed by atoms with E-state index in [2.05, 4.69) is 19.9 Å². The van der Waals surface area contributed by atoms with Crippen LogP contribution in [0.3, 0.4) is 0 Å². The fourth-order valence-electron chi connectivity index (χ4n) is 3.77. The average molecular weight is 534 g/mol. The minimum Gasteiger partial charge on any atom is -0.438 e. The molecule has 1 amide bonds. The monoisotopic (exact) mass is 533 g/mol. The lowest BCUT2D eigenvalue weighted by atomic mass is 10.1. The van der Waals surface area contributed by atoms with E-state index in [0.29, 0.717) is 23.0 Å². The van der Waals surface area contributed by atoms with Crippen LogP contribution < -0.4 is 20.1 Å². The molecule has 4 rings (SSSR count). The van der Waals surface area contributed by atoms with Crippen molar-refractivity contribution in [2.24, 2.45) is 0 Å². The molecule has 0 saturated carbocycles. The van der Waals surface area contributed by atoms with Crippen molar-refractivity contribution in [3.05, 3.63) is 77.1 Å². The number of aromatic nitrogens is 4. The quantitative estimate of drug-likeness (QED) is 0.361. The number of rotatable bonds is 7. The number of nitrogens with one attached hydrogen (secondary N) is 1. The number of carbonyl (C=O) groups excluding carboxylic acids is 1. The van der Waals surface area contributed by atoms with Gasteiger partial charge in [-0.05, 0) is 56.2 Å². The number of nitrogen functional groups attached to an aromatic ring is 1. The number of nitrogens with two attached hydrogens (primary N) is 1. The van der Waals surface area contributed by atoms with Gasteiger partial charge in [0.2, 0.25) is 11.8 Å². The van der Waals surface area contributed by atoms with Gasteiger partial charge in [0.15, 0.2) is 5.03 Å². The molecule has 3 aromatic heterocycles. The summed E-state index contributed by atoms with van der Waals surface area (Å²) >= 11 is 0. The Bertz CT molecular complexity index is 1600. The van der Waals surface area contributed by atoms with Crippen molar-refractivity contribution in [1.29, 1.82) is 0 Å². The minimum absolute atomic E-state index is 0.00296. The Morgan fingerprint density at radius 2 is 1.63 bits per heavy atom. The normalized spacial score (nSPS) is 11.2. The molecule has 0 unspecified atom stereocenters. The predicted molar refractivity (Wildman–Crippen MR) is 144 cm³/mol. The van der Waals surface area contributed by atoms with Gasteiger partial charge in [0.05, 0.1) is 5.69 Å². The number of pyridine rings is 2. The van der Waals surface area contributed by atoms with Crippen molar-refractivity contribution in [2.45, 2.75) is 25.8 Å². The van der Waals surface area contributed by atoms with E-state index in [1.54, 1.807) is 23.4 Å². The van der Waals surface area contributed by atoms with Crippen LogP contribution in [0.15, 0.2) is 59.9 Å². The van der Waals surface area contributed by atoms with Crippen LogP contribution in [-0.4, -0.2) is 48.4 Å². The first-order valence-corrected chi connectivity index (χ1v) is 13.0. The third-order valence-corrected chi connectivity index (χ3v) is 6.72. The van der Waals surface area contributed by atoms with Gasteiger partial charge in [-0.25, -0.2) is 24.7 Å². The molecule has 0 aliphatic heterocycles. The Labute approximate surface area is 220 Å². The lowest BCUT2D eigenvalue weighted by molar-refractivity contribution is 0.0978. The van der Waals surface area contributed by atoms with Gasteiger partial charge in [0.1, 0.15) is 17.1 Å². The van der Waals surface area contributed by atoms with Crippen molar-refractivity contribution in [3.63, 3.8) is 0 Å². The first-order chi connectivity index (χ1) is 17.9. The molecule has 0 fully saturated rings. The second-order valence-corrected chi connectivity index (χ2v) is 10.5. The van der Waals surface area contributed by atoms with Gasteiger partial charge >= 0.3 is 0 Å². The maximum Gasteiger partial charge on any atom is 0.281 e. The summed E-state index contributed by atoms with van der Waals surface area (Å²) < 4.78 is 33.8. The number of carbonyl (C=O) groups is 1. The zero-order chi connectivity index (χ0) is 27.6. The lowest BCUT2D eigenvalue weighted by Gasteiger charge is -2.16. The second-order valence-electron chi connectivity index (χ2n) is 8.88. The maximum absolute atomic E-state index is 13.2. The summed E-state index contributed by atoms with van der Waals surface area (Å²) in [4.78, 5) is 32.0. The fourth-order valence-corrected chi connectivity index (χ4v) is 4.71. The topological polar surface area (TPSA) is 153 Å². The van der Waals surface area contributed by atoms with Crippen molar-refractivity contribution in [3.8, 4) is 22.9 Å². The Balaban J connectivity index is 1.77. The smallest absolute Gasteiger partial charge is 0.281 e. The molecule has 11 nitrogen and oxygen atoms in total. The number of aryl methyl sites for hydroxylation is 3. The molecule has 0 aliphatic carbocycles. The number of ether oxygens (including phenoxy) is 1. The summed E-state index contributed by atoms with van der Waals surface area (Å²) in [7, 11) is -0.664. The molecule has 3 heterocycles. The van der Waals surface area contributed by atoms with Gasteiger partial charge in [-0.15, -0.1) is 0 Å². The molecule has 0 spiro atoms. The van der Waals surface area contributed by atoms with E-state index in [-0.39, 0.29) is 22.3 Å². The van der Waals surface area contributed by atoms with Crippen molar-refractivity contribution >= 4 is 27.7 Å². The van der Waals surface area contributed by atoms with Crippen LogP contribution in [0.25, 0.3) is 11.3 Å². The summed E-state index contributed by atoms with van der Waals surface area (Å²) in [5.41, 5.74) is 9.25. The van der Waals surface area contributed by atoms with Gasteiger partial charge in [-0.2, -0.15) is 8.42 Å². The molecule has 1 aromatic carbocycles. The maximum atomic E-state index is 13.2. The van der Waals surface area contributed by atoms with Crippen LogP contribution in [-0.2, 0) is 10.0 Å². The van der Waals surface area contributed by atoms with E-state index in [4.69, 9.17) is 10.5 Å². The lowest BCUT2D eigenvalue weighted by Crippen LogP contribution is -2.31. The standard InChI is InChI=1S/C26H27N7O4S/c1-15-11-16(2)23(17(3)12-15)37-25-19(24(34)32-38(35,36)22-8-6-7-21(27)31-22)9-10-20(30-25)18-13-28-26(29-14-18)33(4)5/h6-14H,1-5H3,(H2,27,31)(H,32,34). The minimum atomic E-state index is -4.32. The molecule has 12 heteroatoms. The predicted octanol–water partition coefficient (Wildman–Crippen LogP) is 3.42. The zero-order valence-corrected chi connectivity index (χ0v) is 22.4. The number of hydrogen-bond donors (Lipinski definition) is 2. The Morgan fingerprint density at radius 1 is 0.974 bits per heavy atom. The van der Waals surface area contributed by atoms with Crippen molar-refractivity contribution in [2.75, 3.05) is 24.7 Å². The van der Waals surface area contributed by atoms with E-state index in [0.717, 1.165) is 16.7 Å². The summed E-state index contributed by atoms with van der Waals surface area (Å²) in [6.07, 6.45) is 3.21. The van der Waals surface area contributed by atoms with E-state index in [1.807, 2.05) is 51.7 Å². The molecule has 0 radical (unpaired) electrons.